The number of nitrogens with zero attached hydrogens (tertiary/aromatic N) is 2. The molecule has 3 aromatic rings. The summed E-state index contributed by atoms with van der Waals surface area (Å²) in [5.74, 6) is -0.157. The molecular formula is C21H24FN3OS. The van der Waals surface area contributed by atoms with Crippen LogP contribution in [0.25, 0.3) is 10.9 Å². The molecule has 1 amide bonds. The van der Waals surface area contributed by atoms with Crippen molar-refractivity contribution in [2.75, 3.05) is 0 Å². The Kier molecular flexibility index (Phi) is 5.56. The Bertz CT molecular complexity index is 969. The highest BCUT2D eigenvalue weighted by atomic mass is 32.1. The molecule has 0 saturated carbocycles. The zero-order valence-electron chi connectivity index (χ0n) is 16.0. The summed E-state index contributed by atoms with van der Waals surface area (Å²) in [4.78, 5) is 22.5. The molecule has 0 saturated heterocycles. The van der Waals surface area contributed by atoms with E-state index in [-0.39, 0.29) is 17.2 Å². The maximum absolute atomic E-state index is 13.8. The Hall–Kier alpha value is -2.34. The molecule has 1 aromatic carbocycles. The van der Waals surface area contributed by atoms with Crippen molar-refractivity contribution in [3.8, 4) is 0 Å². The summed E-state index contributed by atoms with van der Waals surface area (Å²) < 4.78 is 13.8. The topological polar surface area (TPSA) is 54.9 Å². The van der Waals surface area contributed by atoms with Gasteiger partial charge >= 0.3 is 0 Å². The number of aromatic nitrogens is 2. The average molecular weight is 386 g/mol. The summed E-state index contributed by atoms with van der Waals surface area (Å²) in [6, 6.07) is 6.44. The SMILES string of the molecule is Cc1ncc(CC(C)(CC(C)C)NC(=O)c2cnc3c(F)cccc3c2)s1. The van der Waals surface area contributed by atoms with Gasteiger partial charge < -0.3 is 5.32 Å². The number of para-hydroxylation sites is 1. The van der Waals surface area contributed by atoms with Crippen LogP contribution in [0.15, 0.2) is 36.7 Å². The smallest absolute Gasteiger partial charge is 0.253 e. The predicted octanol–water partition coefficient (Wildman–Crippen LogP) is 4.92. The molecule has 6 heteroatoms. The van der Waals surface area contributed by atoms with E-state index in [1.165, 1.54) is 12.3 Å². The van der Waals surface area contributed by atoms with E-state index in [0.717, 1.165) is 22.7 Å². The van der Waals surface area contributed by atoms with Crippen LogP contribution < -0.4 is 5.32 Å². The molecule has 0 aliphatic rings. The fourth-order valence-electron chi connectivity index (χ4n) is 3.53. The van der Waals surface area contributed by atoms with Gasteiger partial charge in [0.05, 0.1) is 10.6 Å². The number of halogens is 1. The number of hydrogen-bond donors (Lipinski definition) is 1. The van der Waals surface area contributed by atoms with Gasteiger partial charge in [-0.1, -0.05) is 26.0 Å². The fraction of sp³-hybridized carbons (Fsp3) is 0.381. The van der Waals surface area contributed by atoms with E-state index in [0.29, 0.717) is 16.9 Å². The minimum Gasteiger partial charge on any atom is -0.346 e. The Morgan fingerprint density at radius 1 is 1.30 bits per heavy atom. The third-order valence-electron chi connectivity index (χ3n) is 4.43. The maximum atomic E-state index is 13.8. The normalized spacial score (nSPS) is 13.7. The summed E-state index contributed by atoms with van der Waals surface area (Å²) in [5, 5.41) is 4.82. The molecule has 4 nitrogen and oxygen atoms in total. The Labute approximate surface area is 162 Å². The third kappa shape index (κ3) is 4.69. The highest BCUT2D eigenvalue weighted by molar-refractivity contribution is 7.11. The summed E-state index contributed by atoms with van der Waals surface area (Å²) in [7, 11) is 0. The van der Waals surface area contributed by atoms with Gasteiger partial charge in [0.1, 0.15) is 11.3 Å². The largest absolute Gasteiger partial charge is 0.346 e. The van der Waals surface area contributed by atoms with Gasteiger partial charge in [0.25, 0.3) is 5.91 Å². The molecule has 27 heavy (non-hydrogen) atoms. The lowest BCUT2D eigenvalue weighted by Gasteiger charge is -2.32. The summed E-state index contributed by atoms with van der Waals surface area (Å²) >= 11 is 1.65. The zero-order chi connectivity index (χ0) is 19.6. The molecule has 2 heterocycles. The number of hydrogen-bond acceptors (Lipinski definition) is 4. The van der Waals surface area contributed by atoms with Gasteiger partial charge in [-0.25, -0.2) is 9.37 Å². The van der Waals surface area contributed by atoms with E-state index in [9.17, 15) is 9.18 Å². The minimum atomic E-state index is -0.402. The number of nitrogens with one attached hydrogen (secondary N) is 1. The molecule has 1 N–H and O–H groups in total. The first-order chi connectivity index (χ1) is 12.8. The lowest BCUT2D eigenvalue weighted by molar-refractivity contribution is 0.0894. The van der Waals surface area contributed by atoms with Crippen molar-refractivity contribution in [3.05, 3.63) is 57.9 Å². The summed E-state index contributed by atoms with van der Waals surface area (Å²) in [6.45, 7) is 8.33. The summed E-state index contributed by atoms with van der Waals surface area (Å²) in [6.07, 6.45) is 4.88. The van der Waals surface area contributed by atoms with Crippen molar-refractivity contribution >= 4 is 28.1 Å². The molecule has 0 fully saturated rings. The Balaban J connectivity index is 1.85. The van der Waals surface area contributed by atoms with Crippen molar-refractivity contribution in [2.45, 2.75) is 46.1 Å². The van der Waals surface area contributed by atoms with Gasteiger partial charge in [0.15, 0.2) is 0 Å². The number of fused-ring (bicyclic) bond motifs is 1. The van der Waals surface area contributed by atoms with E-state index in [4.69, 9.17) is 0 Å². The number of rotatable bonds is 6. The Morgan fingerprint density at radius 3 is 2.74 bits per heavy atom. The molecule has 0 aliphatic carbocycles. The summed E-state index contributed by atoms with van der Waals surface area (Å²) in [5.41, 5.74) is 0.309. The Morgan fingerprint density at radius 2 is 2.07 bits per heavy atom. The van der Waals surface area contributed by atoms with Crippen LogP contribution in [-0.2, 0) is 6.42 Å². The molecule has 1 unspecified atom stereocenters. The highest BCUT2D eigenvalue weighted by Crippen LogP contribution is 2.26. The monoisotopic (exact) mass is 385 g/mol. The van der Waals surface area contributed by atoms with Crippen molar-refractivity contribution in [2.24, 2.45) is 5.92 Å². The van der Waals surface area contributed by atoms with Crippen LogP contribution in [0.3, 0.4) is 0 Å². The van der Waals surface area contributed by atoms with E-state index in [2.05, 4.69) is 36.1 Å². The molecular weight excluding hydrogens is 361 g/mol. The van der Waals surface area contributed by atoms with Gasteiger partial charge in [-0.3, -0.25) is 9.78 Å². The first kappa shape index (κ1) is 19.4. The van der Waals surface area contributed by atoms with Gasteiger partial charge in [0.2, 0.25) is 0 Å². The molecule has 0 aliphatic heterocycles. The van der Waals surface area contributed by atoms with Gasteiger partial charge in [0, 0.05) is 34.6 Å². The first-order valence-electron chi connectivity index (χ1n) is 9.04. The molecule has 0 radical (unpaired) electrons. The number of carbonyl (C=O) groups is 1. The van der Waals surface area contributed by atoms with E-state index in [1.54, 1.807) is 29.5 Å². The van der Waals surface area contributed by atoms with Crippen LogP contribution in [-0.4, -0.2) is 21.4 Å². The second-order valence-electron chi connectivity index (χ2n) is 7.67. The number of carbonyl (C=O) groups excluding carboxylic acids is 1. The maximum Gasteiger partial charge on any atom is 0.253 e. The van der Waals surface area contributed by atoms with Crippen molar-refractivity contribution < 1.29 is 9.18 Å². The molecule has 1 atom stereocenters. The predicted molar refractivity (Wildman–Crippen MR) is 108 cm³/mol. The van der Waals surface area contributed by atoms with Crippen LogP contribution in [0.4, 0.5) is 4.39 Å². The molecule has 3 rings (SSSR count). The van der Waals surface area contributed by atoms with Gasteiger partial charge in [-0.2, -0.15) is 0 Å². The van der Waals surface area contributed by atoms with Crippen LogP contribution in [0, 0.1) is 18.7 Å². The van der Waals surface area contributed by atoms with E-state index in [1.807, 2.05) is 13.1 Å². The quantitative estimate of drug-likeness (QED) is 0.655. The van der Waals surface area contributed by atoms with Crippen LogP contribution in [0.5, 0.6) is 0 Å². The lowest BCUT2D eigenvalue weighted by atomic mass is 9.87. The van der Waals surface area contributed by atoms with E-state index >= 15 is 0 Å². The first-order valence-corrected chi connectivity index (χ1v) is 9.85. The van der Waals surface area contributed by atoms with Gasteiger partial charge in [-0.05, 0) is 38.3 Å². The molecule has 2 aromatic heterocycles. The number of aryl methyl sites for hydroxylation is 1. The zero-order valence-corrected chi connectivity index (χ0v) is 16.9. The second kappa shape index (κ2) is 7.72. The van der Waals surface area contributed by atoms with E-state index < -0.39 is 5.54 Å². The van der Waals surface area contributed by atoms with Crippen molar-refractivity contribution in [3.63, 3.8) is 0 Å². The third-order valence-corrected chi connectivity index (χ3v) is 5.34. The van der Waals surface area contributed by atoms with Gasteiger partial charge in [-0.15, -0.1) is 11.3 Å². The standard InChI is InChI=1S/C21H24FN3OS/c1-13(2)9-21(4,10-17-12-23-14(3)27-17)25-20(26)16-8-15-6-5-7-18(22)19(15)24-11-16/h5-8,11-13H,9-10H2,1-4H3,(H,25,26). The number of benzene rings is 1. The number of amides is 1. The van der Waals surface area contributed by atoms with Crippen LogP contribution >= 0.6 is 11.3 Å². The van der Waals surface area contributed by atoms with Crippen LogP contribution in [0.1, 0.15) is 47.4 Å². The fourth-order valence-corrected chi connectivity index (χ4v) is 4.52. The van der Waals surface area contributed by atoms with Crippen molar-refractivity contribution in [1.29, 1.82) is 0 Å². The van der Waals surface area contributed by atoms with Crippen molar-refractivity contribution in [1.82, 2.24) is 15.3 Å². The molecule has 142 valence electrons. The lowest BCUT2D eigenvalue weighted by Crippen LogP contribution is -2.48. The average Bonchev–Trinajstić information content (AvgIpc) is 2.98. The second-order valence-corrected chi connectivity index (χ2v) is 8.99. The highest BCUT2D eigenvalue weighted by Gasteiger charge is 2.29. The van der Waals surface area contributed by atoms with Crippen LogP contribution in [0.2, 0.25) is 0 Å². The minimum absolute atomic E-state index is 0.196. The number of thiazole rings is 1. The molecule has 0 bridgehead atoms. The number of pyridine rings is 1. The molecule has 0 spiro atoms.